The summed E-state index contributed by atoms with van der Waals surface area (Å²) in [6.07, 6.45) is 0.597. The summed E-state index contributed by atoms with van der Waals surface area (Å²) in [4.78, 5) is 36.3. The second-order valence-corrected chi connectivity index (χ2v) is 5.21. The van der Waals surface area contributed by atoms with Crippen LogP contribution in [0.15, 0.2) is 30.3 Å². The van der Waals surface area contributed by atoms with Gasteiger partial charge in [0.15, 0.2) is 0 Å². The Morgan fingerprint density at radius 1 is 1.25 bits per heavy atom. The summed E-state index contributed by atoms with van der Waals surface area (Å²) in [5.74, 6) is -2.44. The van der Waals surface area contributed by atoms with E-state index in [1.165, 1.54) is 0 Å². The number of hydrogen-bond acceptors (Lipinski definition) is 3. The Kier molecular flexibility index (Phi) is 4.17. The zero-order valence-electron chi connectivity index (χ0n) is 11.3. The van der Waals surface area contributed by atoms with Gasteiger partial charge in [-0.2, -0.15) is 0 Å². The second-order valence-electron chi connectivity index (χ2n) is 5.21. The maximum absolute atomic E-state index is 11.9. The van der Waals surface area contributed by atoms with Gasteiger partial charge in [0.1, 0.15) is 0 Å². The van der Waals surface area contributed by atoms with Gasteiger partial charge in [0.2, 0.25) is 11.8 Å². The molecule has 20 heavy (non-hydrogen) atoms. The van der Waals surface area contributed by atoms with Gasteiger partial charge in [-0.25, -0.2) is 0 Å². The van der Waals surface area contributed by atoms with Crippen molar-refractivity contribution < 1.29 is 19.5 Å². The highest BCUT2D eigenvalue weighted by Gasteiger charge is 2.34. The first kappa shape index (κ1) is 14.2. The van der Waals surface area contributed by atoms with Crippen molar-refractivity contribution >= 4 is 17.8 Å². The van der Waals surface area contributed by atoms with Gasteiger partial charge in [-0.15, -0.1) is 0 Å². The third-order valence-electron chi connectivity index (χ3n) is 3.51. The molecule has 1 aromatic rings. The average Bonchev–Trinajstić information content (AvgIpc) is 2.38. The predicted octanol–water partition coefficient (Wildman–Crippen LogP) is 1.64. The number of carbonyl (C=O) groups is 3. The van der Waals surface area contributed by atoms with Crippen LogP contribution in [-0.4, -0.2) is 34.3 Å². The van der Waals surface area contributed by atoms with Crippen LogP contribution >= 0.6 is 0 Å². The number of carboxylic acids is 1. The Bertz CT molecular complexity index is 508. The summed E-state index contributed by atoms with van der Waals surface area (Å²) in [5, 5.41) is 9.33. The van der Waals surface area contributed by atoms with E-state index in [0.717, 1.165) is 4.90 Å². The predicted molar refractivity (Wildman–Crippen MR) is 71.9 cm³/mol. The first-order chi connectivity index (χ1) is 9.49. The zero-order valence-corrected chi connectivity index (χ0v) is 11.3. The topological polar surface area (TPSA) is 74.7 Å². The van der Waals surface area contributed by atoms with Crippen molar-refractivity contribution in [3.8, 4) is 0 Å². The minimum absolute atomic E-state index is 0.0336. The Morgan fingerprint density at radius 2 is 1.80 bits per heavy atom. The highest BCUT2D eigenvalue weighted by molar-refractivity contribution is 5.98. The van der Waals surface area contributed by atoms with E-state index in [4.69, 9.17) is 0 Å². The summed E-state index contributed by atoms with van der Waals surface area (Å²) >= 11 is 0. The van der Waals surface area contributed by atoms with Gasteiger partial charge in [0, 0.05) is 19.4 Å². The van der Waals surface area contributed by atoms with Gasteiger partial charge in [0.25, 0.3) is 0 Å². The molecule has 5 heteroatoms. The van der Waals surface area contributed by atoms with Crippen LogP contribution < -0.4 is 0 Å². The lowest BCUT2D eigenvalue weighted by atomic mass is 9.94. The van der Waals surface area contributed by atoms with Gasteiger partial charge < -0.3 is 5.11 Å². The number of likely N-dealkylation sites (tertiary alicyclic amines) is 1. The SMILES string of the molecule is CC1CC(=O)N(CC(C(=O)O)c2ccccc2)C(=O)C1. The van der Waals surface area contributed by atoms with Crippen molar-refractivity contribution in [1.82, 2.24) is 4.90 Å². The Morgan fingerprint density at radius 3 is 2.30 bits per heavy atom. The molecule has 1 unspecified atom stereocenters. The van der Waals surface area contributed by atoms with Crippen molar-refractivity contribution in [1.29, 1.82) is 0 Å². The number of amides is 2. The van der Waals surface area contributed by atoms with E-state index in [0.29, 0.717) is 18.4 Å². The number of imide groups is 1. The van der Waals surface area contributed by atoms with Gasteiger partial charge in [-0.3, -0.25) is 19.3 Å². The van der Waals surface area contributed by atoms with Crippen molar-refractivity contribution in [2.45, 2.75) is 25.7 Å². The standard InChI is InChI=1S/C15H17NO4/c1-10-7-13(17)16(14(18)8-10)9-12(15(19)20)11-5-3-2-4-6-11/h2-6,10,12H,7-9H2,1H3,(H,19,20). The Balaban J connectivity index is 2.19. The van der Waals surface area contributed by atoms with E-state index >= 15 is 0 Å². The van der Waals surface area contributed by atoms with E-state index in [9.17, 15) is 19.5 Å². The van der Waals surface area contributed by atoms with Gasteiger partial charge in [-0.1, -0.05) is 37.3 Å². The lowest BCUT2D eigenvalue weighted by Gasteiger charge is -2.30. The lowest BCUT2D eigenvalue weighted by Crippen LogP contribution is -2.45. The van der Waals surface area contributed by atoms with E-state index in [1.54, 1.807) is 30.3 Å². The number of carboxylic acid groups (broad SMARTS) is 1. The fraction of sp³-hybridized carbons (Fsp3) is 0.400. The number of nitrogens with zero attached hydrogens (tertiary/aromatic N) is 1. The summed E-state index contributed by atoms with van der Waals surface area (Å²) < 4.78 is 0. The van der Waals surface area contributed by atoms with Crippen molar-refractivity contribution in [3.05, 3.63) is 35.9 Å². The van der Waals surface area contributed by atoms with E-state index in [2.05, 4.69) is 0 Å². The van der Waals surface area contributed by atoms with E-state index < -0.39 is 11.9 Å². The first-order valence-electron chi connectivity index (χ1n) is 6.60. The lowest BCUT2D eigenvalue weighted by molar-refractivity contribution is -0.151. The third-order valence-corrected chi connectivity index (χ3v) is 3.51. The molecule has 1 aromatic carbocycles. The van der Waals surface area contributed by atoms with E-state index in [-0.39, 0.29) is 24.3 Å². The quantitative estimate of drug-likeness (QED) is 0.848. The molecule has 1 heterocycles. The molecule has 1 aliphatic heterocycles. The maximum atomic E-state index is 11.9. The second kappa shape index (κ2) is 5.86. The van der Waals surface area contributed by atoms with Gasteiger partial charge >= 0.3 is 5.97 Å². The molecule has 0 aliphatic carbocycles. The molecular formula is C15H17NO4. The fourth-order valence-corrected chi connectivity index (χ4v) is 2.43. The van der Waals surface area contributed by atoms with E-state index in [1.807, 2.05) is 6.92 Å². The van der Waals surface area contributed by atoms with Crippen molar-refractivity contribution in [2.24, 2.45) is 5.92 Å². The average molecular weight is 275 g/mol. The number of aliphatic carboxylic acids is 1. The van der Waals surface area contributed by atoms with Crippen LogP contribution in [0.2, 0.25) is 0 Å². The van der Waals surface area contributed by atoms with Crippen molar-refractivity contribution in [3.63, 3.8) is 0 Å². The molecule has 1 fully saturated rings. The van der Waals surface area contributed by atoms with Crippen LogP contribution in [0.4, 0.5) is 0 Å². The highest BCUT2D eigenvalue weighted by Crippen LogP contribution is 2.23. The van der Waals surface area contributed by atoms with Crippen LogP contribution in [0.3, 0.4) is 0 Å². The number of rotatable bonds is 4. The molecule has 0 bridgehead atoms. The van der Waals surface area contributed by atoms with Crippen LogP contribution in [0.25, 0.3) is 0 Å². The zero-order chi connectivity index (χ0) is 14.7. The summed E-state index contributed by atoms with van der Waals surface area (Å²) in [7, 11) is 0. The first-order valence-corrected chi connectivity index (χ1v) is 6.60. The Labute approximate surface area is 117 Å². The minimum atomic E-state index is -1.03. The normalized spacial score (nSPS) is 18.1. The molecule has 1 N–H and O–H groups in total. The van der Waals surface area contributed by atoms with Crippen molar-refractivity contribution in [2.75, 3.05) is 6.54 Å². The third kappa shape index (κ3) is 3.04. The molecule has 1 saturated heterocycles. The molecule has 0 aromatic heterocycles. The summed E-state index contributed by atoms with van der Waals surface area (Å²) in [6, 6.07) is 8.67. The molecule has 2 rings (SSSR count). The molecule has 2 amide bonds. The number of piperidine rings is 1. The summed E-state index contributed by atoms with van der Waals surface area (Å²) in [6.45, 7) is 1.75. The molecular weight excluding hydrogens is 258 g/mol. The van der Waals surface area contributed by atoms with Gasteiger partial charge in [0.05, 0.1) is 5.92 Å². The summed E-state index contributed by atoms with van der Waals surface area (Å²) in [5.41, 5.74) is 0.597. The van der Waals surface area contributed by atoms with Crippen LogP contribution in [-0.2, 0) is 14.4 Å². The number of benzene rings is 1. The van der Waals surface area contributed by atoms with Crippen LogP contribution in [0.5, 0.6) is 0 Å². The molecule has 1 atom stereocenters. The largest absolute Gasteiger partial charge is 0.481 e. The van der Waals surface area contributed by atoms with Crippen LogP contribution in [0.1, 0.15) is 31.2 Å². The molecule has 5 nitrogen and oxygen atoms in total. The van der Waals surface area contributed by atoms with Crippen LogP contribution in [0, 0.1) is 5.92 Å². The fourth-order valence-electron chi connectivity index (χ4n) is 2.43. The Hall–Kier alpha value is -2.17. The molecule has 0 saturated carbocycles. The molecule has 106 valence electrons. The van der Waals surface area contributed by atoms with Gasteiger partial charge in [-0.05, 0) is 11.5 Å². The number of carbonyl (C=O) groups excluding carboxylic acids is 2. The molecule has 1 aliphatic rings. The smallest absolute Gasteiger partial charge is 0.312 e. The monoisotopic (exact) mass is 275 g/mol. The minimum Gasteiger partial charge on any atom is -0.481 e. The molecule has 0 radical (unpaired) electrons. The maximum Gasteiger partial charge on any atom is 0.312 e. The highest BCUT2D eigenvalue weighted by atomic mass is 16.4. The molecule has 0 spiro atoms. The number of hydrogen-bond donors (Lipinski definition) is 1.